The molecule has 0 radical (unpaired) electrons. The monoisotopic (exact) mass is 347 g/mol. The van der Waals surface area contributed by atoms with Gasteiger partial charge in [0, 0.05) is 32.8 Å². The minimum absolute atomic E-state index is 0.543. The molecule has 0 saturated heterocycles. The van der Waals surface area contributed by atoms with E-state index in [-0.39, 0.29) is 0 Å². The van der Waals surface area contributed by atoms with E-state index in [9.17, 15) is 5.11 Å². The lowest BCUT2D eigenvalue weighted by molar-refractivity contribution is 0.222. The standard InChI is InChI=1S/C16H11BrClNO/c17-11-4-5-15(18)13(8-11)16(20)12-3-1-2-10-6-7-19-9-14(10)12/h1-9,16,20H. The lowest BCUT2D eigenvalue weighted by Crippen LogP contribution is -2.01. The van der Waals surface area contributed by atoms with Crippen molar-refractivity contribution >= 4 is 38.3 Å². The number of fused-ring (bicyclic) bond motifs is 1. The van der Waals surface area contributed by atoms with Gasteiger partial charge in [0.05, 0.1) is 0 Å². The summed E-state index contributed by atoms with van der Waals surface area (Å²) < 4.78 is 0.884. The maximum absolute atomic E-state index is 10.7. The highest BCUT2D eigenvalue weighted by Crippen LogP contribution is 2.33. The third-order valence-electron chi connectivity index (χ3n) is 3.26. The minimum Gasteiger partial charge on any atom is -0.384 e. The van der Waals surface area contributed by atoms with Crippen molar-refractivity contribution in [2.24, 2.45) is 0 Å². The van der Waals surface area contributed by atoms with Gasteiger partial charge in [0.2, 0.25) is 0 Å². The average molecular weight is 349 g/mol. The van der Waals surface area contributed by atoms with Crippen molar-refractivity contribution < 1.29 is 5.11 Å². The second-order valence-electron chi connectivity index (χ2n) is 4.51. The number of aliphatic hydroxyl groups is 1. The smallest absolute Gasteiger partial charge is 0.106 e. The van der Waals surface area contributed by atoms with Gasteiger partial charge in [-0.25, -0.2) is 0 Å². The highest BCUT2D eigenvalue weighted by atomic mass is 79.9. The quantitative estimate of drug-likeness (QED) is 0.726. The van der Waals surface area contributed by atoms with Crippen LogP contribution in [0.1, 0.15) is 17.2 Å². The normalized spacial score (nSPS) is 12.6. The van der Waals surface area contributed by atoms with Crippen LogP contribution in [0.15, 0.2) is 59.3 Å². The highest BCUT2D eigenvalue weighted by Gasteiger charge is 2.16. The summed E-state index contributed by atoms with van der Waals surface area (Å²) >= 11 is 9.60. The first kappa shape index (κ1) is 13.6. The number of hydrogen-bond donors (Lipinski definition) is 1. The first-order valence-electron chi connectivity index (χ1n) is 6.12. The molecule has 1 aromatic heterocycles. The van der Waals surface area contributed by atoms with Crippen LogP contribution in [0.25, 0.3) is 10.8 Å². The Bertz CT molecular complexity index is 770. The molecule has 1 atom stereocenters. The van der Waals surface area contributed by atoms with Crippen LogP contribution in [-0.2, 0) is 0 Å². The maximum Gasteiger partial charge on any atom is 0.106 e. The molecule has 20 heavy (non-hydrogen) atoms. The molecule has 4 heteroatoms. The topological polar surface area (TPSA) is 33.1 Å². The molecule has 0 spiro atoms. The molecule has 3 rings (SSSR count). The molecule has 1 unspecified atom stereocenters. The number of pyridine rings is 1. The van der Waals surface area contributed by atoms with Gasteiger partial charge < -0.3 is 5.11 Å². The zero-order valence-corrected chi connectivity index (χ0v) is 12.8. The number of halogens is 2. The Hall–Kier alpha value is -1.42. The van der Waals surface area contributed by atoms with Gasteiger partial charge in [-0.1, -0.05) is 45.7 Å². The predicted molar refractivity (Wildman–Crippen MR) is 85.0 cm³/mol. The second-order valence-corrected chi connectivity index (χ2v) is 5.84. The second kappa shape index (κ2) is 5.52. The Morgan fingerprint density at radius 1 is 1.10 bits per heavy atom. The first-order valence-corrected chi connectivity index (χ1v) is 7.29. The molecule has 2 aromatic carbocycles. The van der Waals surface area contributed by atoms with Crippen molar-refractivity contribution in [3.63, 3.8) is 0 Å². The fraction of sp³-hybridized carbons (Fsp3) is 0.0625. The van der Waals surface area contributed by atoms with E-state index >= 15 is 0 Å². The van der Waals surface area contributed by atoms with Gasteiger partial charge in [-0.15, -0.1) is 0 Å². The summed E-state index contributed by atoms with van der Waals surface area (Å²) in [4.78, 5) is 4.14. The SMILES string of the molecule is OC(c1cc(Br)ccc1Cl)c1cccc2ccncc12. The van der Waals surface area contributed by atoms with E-state index in [1.807, 2.05) is 36.4 Å². The summed E-state index contributed by atoms with van der Waals surface area (Å²) in [5, 5.41) is 13.2. The van der Waals surface area contributed by atoms with Gasteiger partial charge in [0.15, 0.2) is 0 Å². The van der Waals surface area contributed by atoms with E-state index in [4.69, 9.17) is 11.6 Å². The van der Waals surface area contributed by atoms with Crippen LogP contribution in [0.2, 0.25) is 5.02 Å². The summed E-state index contributed by atoms with van der Waals surface area (Å²) in [5.41, 5.74) is 1.48. The van der Waals surface area contributed by atoms with E-state index in [0.29, 0.717) is 10.6 Å². The highest BCUT2D eigenvalue weighted by molar-refractivity contribution is 9.10. The maximum atomic E-state index is 10.7. The van der Waals surface area contributed by atoms with Crippen LogP contribution in [0.4, 0.5) is 0 Å². The van der Waals surface area contributed by atoms with Crippen molar-refractivity contribution in [2.45, 2.75) is 6.10 Å². The third-order valence-corrected chi connectivity index (χ3v) is 4.10. The molecule has 0 fully saturated rings. The van der Waals surface area contributed by atoms with Crippen LogP contribution in [-0.4, -0.2) is 10.1 Å². The number of aromatic nitrogens is 1. The van der Waals surface area contributed by atoms with Crippen molar-refractivity contribution in [1.29, 1.82) is 0 Å². The van der Waals surface area contributed by atoms with Crippen LogP contribution in [0.3, 0.4) is 0 Å². The number of rotatable bonds is 2. The summed E-state index contributed by atoms with van der Waals surface area (Å²) in [6.45, 7) is 0. The van der Waals surface area contributed by atoms with E-state index in [2.05, 4.69) is 20.9 Å². The largest absolute Gasteiger partial charge is 0.384 e. The molecule has 100 valence electrons. The molecule has 2 nitrogen and oxygen atoms in total. The third kappa shape index (κ3) is 2.44. The van der Waals surface area contributed by atoms with Gasteiger partial charge >= 0.3 is 0 Å². The summed E-state index contributed by atoms with van der Waals surface area (Å²) in [7, 11) is 0. The van der Waals surface area contributed by atoms with Crippen molar-refractivity contribution in [1.82, 2.24) is 4.98 Å². The zero-order chi connectivity index (χ0) is 14.1. The predicted octanol–water partition coefficient (Wildman–Crippen LogP) is 4.73. The van der Waals surface area contributed by atoms with Crippen LogP contribution in [0.5, 0.6) is 0 Å². The van der Waals surface area contributed by atoms with Crippen LogP contribution in [0, 0.1) is 0 Å². The fourth-order valence-electron chi connectivity index (χ4n) is 2.27. The summed E-state index contributed by atoms with van der Waals surface area (Å²) in [5.74, 6) is 0. The van der Waals surface area contributed by atoms with Crippen LogP contribution >= 0.6 is 27.5 Å². The first-order chi connectivity index (χ1) is 9.66. The number of hydrogen-bond acceptors (Lipinski definition) is 2. The summed E-state index contributed by atoms with van der Waals surface area (Å²) in [6.07, 6.45) is 2.72. The molecular weight excluding hydrogens is 338 g/mol. The minimum atomic E-state index is -0.784. The van der Waals surface area contributed by atoms with E-state index in [1.54, 1.807) is 18.5 Å². The van der Waals surface area contributed by atoms with Gasteiger partial charge in [-0.05, 0) is 35.2 Å². The van der Waals surface area contributed by atoms with Crippen molar-refractivity contribution in [3.8, 4) is 0 Å². The Labute approximate surface area is 130 Å². The van der Waals surface area contributed by atoms with Gasteiger partial charge in [-0.2, -0.15) is 0 Å². The molecule has 0 bridgehead atoms. The summed E-state index contributed by atoms with van der Waals surface area (Å²) in [6, 6.07) is 13.2. The Morgan fingerprint density at radius 3 is 2.80 bits per heavy atom. The van der Waals surface area contributed by atoms with Crippen molar-refractivity contribution in [3.05, 3.63) is 75.5 Å². The number of nitrogens with zero attached hydrogens (tertiary/aromatic N) is 1. The van der Waals surface area contributed by atoms with Gasteiger partial charge in [0.1, 0.15) is 6.10 Å². The molecule has 0 amide bonds. The lowest BCUT2D eigenvalue weighted by Gasteiger charge is -2.15. The molecule has 0 aliphatic heterocycles. The molecule has 1 heterocycles. The molecule has 0 aliphatic rings. The molecule has 0 aliphatic carbocycles. The lowest BCUT2D eigenvalue weighted by atomic mass is 9.97. The number of aliphatic hydroxyl groups excluding tert-OH is 1. The van der Waals surface area contributed by atoms with E-state index in [1.165, 1.54) is 0 Å². The van der Waals surface area contributed by atoms with Crippen LogP contribution < -0.4 is 0 Å². The van der Waals surface area contributed by atoms with Crippen molar-refractivity contribution in [2.75, 3.05) is 0 Å². The molecule has 1 N–H and O–H groups in total. The molecule has 0 saturated carbocycles. The van der Waals surface area contributed by atoms with E-state index in [0.717, 1.165) is 20.8 Å². The molecule has 3 aromatic rings. The average Bonchev–Trinajstić information content (AvgIpc) is 2.48. The van der Waals surface area contributed by atoms with Gasteiger partial charge in [0.25, 0.3) is 0 Å². The Morgan fingerprint density at radius 2 is 1.95 bits per heavy atom. The Balaban J connectivity index is 2.17. The fourth-order valence-corrected chi connectivity index (χ4v) is 2.87. The number of benzene rings is 2. The zero-order valence-electron chi connectivity index (χ0n) is 10.4. The Kier molecular flexibility index (Phi) is 3.74. The molecular formula is C16H11BrClNO. The van der Waals surface area contributed by atoms with E-state index < -0.39 is 6.10 Å². The van der Waals surface area contributed by atoms with Gasteiger partial charge in [-0.3, -0.25) is 4.98 Å².